The Morgan fingerprint density at radius 2 is 1.83 bits per heavy atom. The molecule has 0 aliphatic heterocycles. The first-order valence-electron chi connectivity index (χ1n) is 5.35. The Morgan fingerprint density at radius 3 is 2.44 bits per heavy atom. The van der Waals surface area contributed by atoms with Crippen molar-refractivity contribution in [3.63, 3.8) is 0 Å². The van der Waals surface area contributed by atoms with Gasteiger partial charge in [0, 0.05) is 24.5 Å². The molecule has 0 fully saturated rings. The van der Waals surface area contributed by atoms with E-state index in [0.717, 1.165) is 10.1 Å². The molecule has 1 aromatic heterocycles. The van der Waals surface area contributed by atoms with Gasteiger partial charge in [-0.1, -0.05) is 12.1 Å². The number of hydrogen-bond donors (Lipinski definition) is 1. The third-order valence-electron chi connectivity index (χ3n) is 2.49. The number of halogens is 3. The van der Waals surface area contributed by atoms with Crippen LogP contribution in [-0.4, -0.2) is 15.7 Å². The van der Waals surface area contributed by atoms with Crippen molar-refractivity contribution in [2.75, 3.05) is 5.73 Å². The standard InChI is InChI=1S/C12H12F3N3/c13-12(14,15)8-18-6-5-17-11(18)7-9-1-3-10(16)4-2-9/h1-6H,7-8,16H2. The molecule has 0 spiro atoms. The van der Waals surface area contributed by atoms with Gasteiger partial charge in [-0.15, -0.1) is 0 Å². The van der Waals surface area contributed by atoms with Crippen molar-refractivity contribution >= 4 is 5.69 Å². The van der Waals surface area contributed by atoms with Crippen LogP contribution in [0.4, 0.5) is 18.9 Å². The Balaban J connectivity index is 2.15. The van der Waals surface area contributed by atoms with Crippen LogP contribution in [0.5, 0.6) is 0 Å². The van der Waals surface area contributed by atoms with E-state index in [2.05, 4.69) is 4.98 Å². The predicted octanol–water partition coefficient (Wildman–Crippen LogP) is 2.62. The number of hydrogen-bond acceptors (Lipinski definition) is 2. The fraction of sp³-hybridized carbons (Fsp3) is 0.250. The average Bonchev–Trinajstić information content (AvgIpc) is 2.67. The number of nitrogens with two attached hydrogens (primary N) is 1. The van der Waals surface area contributed by atoms with E-state index in [-0.39, 0.29) is 0 Å². The minimum atomic E-state index is -4.24. The van der Waals surface area contributed by atoms with Crippen LogP contribution in [0.2, 0.25) is 0 Å². The predicted molar refractivity (Wildman–Crippen MR) is 61.9 cm³/mol. The summed E-state index contributed by atoms with van der Waals surface area (Å²) in [6, 6.07) is 6.99. The first-order chi connectivity index (χ1) is 8.44. The second kappa shape index (κ2) is 4.72. The minimum absolute atomic E-state index is 0.351. The summed E-state index contributed by atoms with van der Waals surface area (Å²) >= 11 is 0. The topological polar surface area (TPSA) is 43.8 Å². The highest BCUT2D eigenvalue weighted by Gasteiger charge is 2.28. The van der Waals surface area contributed by atoms with Gasteiger partial charge < -0.3 is 10.3 Å². The molecule has 0 aliphatic carbocycles. The lowest BCUT2D eigenvalue weighted by atomic mass is 10.1. The van der Waals surface area contributed by atoms with Crippen molar-refractivity contribution in [1.29, 1.82) is 0 Å². The lowest BCUT2D eigenvalue weighted by molar-refractivity contribution is -0.141. The van der Waals surface area contributed by atoms with Crippen molar-refractivity contribution in [3.05, 3.63) is 48.0 Å². The van der Waals surface area contributed by atoms with Gasteiger partial charge in [0.1, 0.15) is 12.4 Å². The smallest absolute Gasteiger partial charge is 0.399 e. The van der Waals surface area contributed by atoms with Crippen molar-refractivity contribution in [2.45, 2.75) is 19.1 Å². The fourth-order valence-corrected chi connectivity index (χ4v) is 1.66. The second-order valence-electron chi connectivity index (χ2n) is 4.00. The molecule has 0 unspecified atom stereocenters. The highest BCUT2D eigenvalue weighted by Crippen LogP contribution is 2.19. The Kier molecular flexibility index (Phi) is 3.27. The summed E-state index contributed by atoms with van der Waals surface area (Å²) < 4.78 is 38.1. The maximum Gasteiger partial charge on any atom is 0.406 e. The zero-order chi connectivity index (χ0) is 13.2. The quantitative estimate of drug-likeness (QED) is 0.857. The summed E-state index contributed by atoms with van der Waals surface area (Å²) in [6.45, 7) is -1.02. The van der Waals surface area contributed by atoms with E-state index in [4.69, 9.17) is 5.73 Å². The molecule has 3 nitrogen and oxygen atoms in total. The van der Waals surface area contributed by atoms with E-state index in [1.165, 1.54) is 12.4 Å². The second-order valence-corrected chi connectivity index (χ2v) is 4.00. The Hall–Kier alpha value is -1.98. The van der Waals surface area contributed by atoms with Crippen molar-refractivity contribution in [2.24, 2.45) is 0 Å². The van der Waals surface area contributed by atoms with Crippen molar-refractivity contribution < 1.29 is 13.2 Å². The van der Waals surface area contributed by atoms with Crippen LogP contribution >= 0.6 is 0 Å². The molecule has 18 heavy (non-hydrogen) atoms. The monoisotopic (exact) mass is 255 g/mol. The van der Waals surface area contributed by atoms with Gasteiger partial charge in [-0.25, -0.2) is 4.98 Å². The van der Waals surface area contributed by atoms with Gasteiger partial charge in [-0.05, 0) is 17.7 Å². The van der Waals surface area contributed by atoms with Crippen LogP contribution in [0.15, 0.2) is 36.7 Å². The molecule has 1 aromatic carbocycles. The molecule has 0 aliphatic rings. The molecular formula is C12H12F3N3. The Morgan fingerprint density at radius 1 is 1.17 bits per heavy atom. The largest absolute Gasteiger partial charge is 0.406 e. The molecule has 0 saturated carbocycles. The first kappa shape index (κ1) is 12.5. The number of nitrogen functional groups attached to an aromatic ring is 1. The number of benzene rings is 1. The summed E-state index contributed by atoms with van der Waals surface area (Å²) in [6.07, 6.45) is -1.18. The first-order valence-corrected chi connectivity index (χ1v) is 5.35. The highest BCUT2D eigenvalue weighted by atomic mass is 19.4. The van der Waals surface area contributed by atoms with Crippen LogP contribution in [0.3, 0.4) is 0 Å². The number of rotatable bonds is 3. The number of anilines is 1. The minimum Gasteiger partial charge on any atom is -0.399 e. The molecule has 2 N–H and O–H groups in total. The molecule has 1 heterocycles. The van der Waals surface area contributed by atoms with E-state index in [0.29, 0.717) is 17.9 Å². The van der Waals surface area contributed by atoms with Gasteiger partial charge >= 0.3 is 6.18 Å². The van der Waals surface area contributed by atoms with Gasteiger partial charge in [0.05, 0.1) is 0 Å². The molecule has 2 rings (SSSR count). The highest BCUT2D eigenvalue weighted by molar-refractivity contribution is 5.39. The lowest BCUT2D eigenvalue weighted by Crippen LogP contribution is -2.19. The molecule has 0 saturated heterocycles. The molecule has 0 bridgehead atoms. The molecule has 0 atom stereocenters. The van der Waals surface area contributed by atoms with Crippen LogP contribution in [-0.2, 0) is 13.0 Å². The molecule has 0 radical (unpaired) electrons. The zero-order valence-corrected chi connectivity index (χ0v) is 9.48. The van der Waals surface area contributed by atoms with Gasteiger partial charge in [0.2, 0.25) is 0 Å². The Labute approximate surface area is 102 Å². The fourth-order valence-electron chi connectivity index (χ4n) is 1.66. The summed E-state index contributed by atoms with van der Waals surface area (Å²) in [5, 5.41) is 0. The zero-order valence-electron chi connectivity index (χ0n) is 9.48. The maximum atomic E-state index is 12.3. The third-order valence-corrected chi connectivity index (χ3v) is 2.49. The van der Waals surface area contributed by atoms with Gasteiger partial charge in [0.25, 0.3) is 0 Å². The summed E-state index contributed by atoms with van der Waals surface area (Å²) in [7, 11) is 0. The number of nitrogens with zero attached hydrogens (tertiary/aromatic N) is 2. The number of aromatic nitrogens is 2. The van der Waals surface area contributed by atoms with Crippen LogP contribution in [0.25, 0.3) is 0 Å². The van der Waals surface area contributed by atoms with Gasteiger partial charge in [0.15, 0.2) is 0 Å². The molecule has 96 valence electrons. The summed E-state index contributed by atoms with van der Waals surface area (Å²) in [5.41, 5.74) is 7.04. The summed E-state index contributed by atoms with van der Waals surface area (Å²) in [5.74, 6) is 0.386. The maximum absolute atomic E-state index is 12.3. The summed E-state index contributed by atoms with van der Waals surface area (Å²) in [4.78, 5) is 3.95. The number of alkyl halides is 3. The SMILES string of the molecule is Nc1ccc(Cc2nccn2CC(F)(F)F)cc1. The van der Waals surface area contributed by atoms with Gasteiger partial charge in [-0.3, -0.25) is 0 Å². The lowest BCUT2D eigenvalue weighted by Gasteiger charge is -2.10. The van der Waals surface area contributed by atoms with E-state index in [1.54, 1.807) is 24.3 Å². The van der Waals surface area contributed by atoms with E-state index in [1.807, 2.05) is 0 Å². The van der Waals surface area contributed by atoms with E-state index < -0.39 is 12.7 Å². The Bertz CT molecular complexity index is 514. The van der Waals surface area contributed by atoms with Crippen molar-refractivity contribution in [1.82, 2.24) is 9.55 Å². The molecule has 0 amide bonds. The van der Waals surface area contributed by atoms with Crippen molar-refractivity contribution in [3.8, 4) is 0 Å². The van der Waals surface area contributed by atoms with Crippen LogP contribution < -0.4 is 5.73 Å². The average molecular weight is 255 g/mol. The molecule has 6 heteroatoms. The van der Waals surface area contributed by atoms with E-state index in [9.17, 15) is 13.2 Å². The molecular weight excluding hydrogens is 243 g/mol. The molecule has 2 aromatic rings. The normalized spacial score (nSPS) is 11.7. The third kappa shape index (κ3) is 3.26. The van der Waals surface area contributed by atoms with Crippen LogP contribution in [0, 0.1) is 0 Å². The van der Waals surface area contributed by atoms with Crippen LogP contribution in [0.1, 0.15) is 11.4 Å². The van der Waals surface area contributed by atoms with Gasteiger partial charge in [-0.2, -0.15) is 13.2 Å². The number of imidazole rings is 1. The van der Waals surface area contributed by atoms with E-state index >= 15 is 0 Å².